The first-order valence-electron chi connectivity index (χ1n) is 16.0. The number of rotatable bonds is 13. The Morgan fingerprint density at radius 1 is 0.755 bits per heavy atom. The van der Waals surface area contributed by atoms with Crippen LogP contribution in [0.15, 0.2) is 146 Å². The molecule has 0 saturated heterocycles. The average molecular weight is 650 g/mol. The zero-order valence-electron chi connectivity index (χ0n) is 27.0. The number of fused-ring (bicyclic) bond motifs is 1. The van der Waals surface area contributed by atoms with Crippen LogP contribution in [0, 0.1) is 0 Å². The first-order valence-corrected chi connectivity index (χ1v) is 16.0. The fraction of sp³-hybridized carbons (Fsp3) is 0.122. The lowest BCUT2D eigenvalue weighted by molar-refractivity contribution is -0.141. The van der Waals surface area contributed by atoms with E-state index in [1.165, 1.54) is 7.11 Å². The predicted molar refractivity (Wildman–Crippen MR) is 191 cm³/mol. The zero-order chi connectivity index (χ0) is 34.0. The highest BCUT2D eigenvalue weighted by Crippen LogP contribution is 2.23. The minimum atomic E-state index is -0.740. The van der Waals surface area contributed by atoms with Crippen LogP contribution in [0.5, 0.6) is 5.75 Å². The van der Waals surface area contributed by atoms with Crippen molar-refractivity contribution >= 4 is 39.8 Å². The van der Waals surface area contributed by atoms with Crippen LogP contribution in [-0.4, -0.2) is 48.9 Å². The molecule has 0 aliphatic carbocycles. The van der Waals surface area contributed by atoms with Crippen LogP contribution in [-0.2, 0) is 16.0 Å². The number of nitrogens with one attached hydrogen (secondary N) is 1. The molecule has 244 valence electrons. The fourth-order valence-electron chi connectivity index (χ4n) is 5.58. The Hall–Kier alpha value is -6.28. The number of nitrogens with zero attached hydrogens (tertiary/aromatic N) is 2. The molecule has 0 unspecified atom stereocenters. The van der Waals surface area contributed by atoms with Crippen molar-refractivity contribution in [2.75, 3.05) is 30.5 Å². The number of pyridine rings is 1. The predicted octanol–water partition coefficient (Wildman–Crippen LogP) is 7.39. The largest absolute Gasteiger partial charge is 0.492 e. The number of ether oxygens (including phenoxy) is 2. The number of carbonyl (C=O) groups is 3. The lowest BCUT2D eigenvalue weighted by Crippen LogP contribution is -2.35. The number of methoxy groups -OCH3 is 1. The Balaban J connectivity index is 1.12. The number of carbonyl (C=O) groups excluding carboxylic acids is 3. The molecular formula is C41H35N3O5. The molecule has 0 bridgehead atoms. The summed E-state index contributed by atoms with van der Waals surface area (Å²) in [6.07, 6.45) is 2.03. The van der Waals surface area contributed by atoms with Gasteiger partial charge in [-0.05, 0) is 53.4 Å². The molecule has 8 heteroatoms. The summed E-state index contributed by atoms with van der Waals surface area (Å²) in [5.74, 6) is -0.192. The summed E-state index contributed by atoms with van der Waals surface area (Å²) in [5, 5.41) is 5.15. The summed E-state index contributed by atoms with van der Waals surface area (Å²) in [7, 11) is 1.34. The average Bonchev–Trinajstić information content (AvgIpc) is 3.16. The lowest BCUT2D eigenvalue weighted by atomic mass is 10.00. The van der Waals surface area contributed by atoms with Crippen molar-refractivity contribution in [2.24, 2.45) is 0 Å². The van der Waals surface area contributed by atoms with Crippen molar-refractivity contribution in [1.29, 1.82) is 0 Å². The van der Waals surface area contributed by atoms with E-state index in [2.05, 4.69) is 10.3 Å². The van der Waals surface area contributed by atoms with Gasteiger partial charge in [0.25, 0.3) is 5.91 Å². The normalized spacial score (nSPS) is 11.4. The second-order valence-electron chi connectivity index (χ2n) is 11.4. The maximum absolute atomic E-state index is 13.7. The number of esters is 1. The molecule has 0 radical (unpaired) electrons. The molecule has 8 nitrogen and oxygen atoms in total. The first-order chi connectivity index (χ1) is 24.0. The zero-order valence-corrected chi connectivity index (χ0v) is 27.0. The van der Waals surface area contributed by atoms with E-state index in [0.717, 1.165) is 22.0 Å². The molecule has 0 spiro atoms. The number of aromatic nitrogens is 1. The van der Waals surface area contributed by atoms with Crippen LogP contribution in [0.2, 0.25) is 0 Å². The highest BCUT2D eigenvalue weighted by atomic mass is 16.5. The van der Waals surface area contributed by atoms with Crippen molar-refractivity contribution in [1.82, 2.24) is 4.98 Å². The maximum atomic E-state index is 13.7. The Morgan fingerprint density at radius 2 is 1.41 bits per heavy atom. The Kier molecular flexibility index (Phi) is 10.4. The topological polar surface area (TPSA) is 97.8 Å². The van der Waals surface area contributed by atoms with Crippen molar-refractivity contribution in [3.05, 3.63) is 168 Å². The van der Waals surface area contributed by atoms with E-state index in [0.29, 0.717) is 41.2 Å². The molecule has 0 fully saturated rings. The third-order valence-corrected chi connectivity index (χ3v) is 8.13. The summed E-state index contributed by atoms with van der Waals surface area (Å²) < 4.78 is 11.2. The summed E-state index contributed by atoms with van der Waals surface area (Å²) >= 11 is 0. The molecular weight excluding hydrogens is 614 g/mol. The molecule has 1 heterocycles. The van der Waals surface area contributed by atoms with Crippen molar-refractivity contribution in [3.63, 3.8) is 0 Å². The highest BCUT2D eigenvalue weighted by Gasteiger charge is 2.23. The monoisotopic (exact) mass is 649 g/mol. The molecule has 49 heavy (non-hydrogen) atoms. The SMILES string of the molecule is COC(=O)[C@H](Cc1ccc(OCCN(C(=O)c2cc3ccccc3cn2)c2ccccc2)cc1)Nc1ccccc1C(=O)c1ccccc1. The van der Waals surface area contributed by atoms with Crippen LogP contribution in [0.3, 0.4) is 0 Å². The summed E-state index contributed by atoms with van der Waals surface area (Å²) in [4.78, 5) is 45.9. The van der Waals surface area contributed by atoms with Gasteiger partial charge in [0, 0.05) is 40.5 Å². The third kappa shape index (κ3) is 8.00. The van der Waals surface area contributed by atoms with Crippen LogP contribution in [0.4, 0.5) is 11.4 Å². The standard InChI is InChI=1S/C41H35N3O5/c1-48-41(47)38(43-36-19-11-10-18-35(36)39(45)30-12-4-2-5-13-30)26-29-20-22-34(23-21-29)49-25-24-44(33-16-6-3-7-17-33)40(46)37-27-31-14-8-9-15-32(31)28-42-37/h2-23,27-28,38,43H,24-26H2,1H3/t38-/m0/s1. The molecule has 5 aromatic carbocycles. The van der Waals surface area contributed by atoms with Gasteiger partial charge in [-0.2, -0.15) is 0 Å². The maximum Gasteiger partial charge on any atom is 0.328 e. The van der Waals surface area contributed by atoms with Gasteiger partial charge in [0.2, 0.25) is 0 Å². The van der Waals surface area contributed by atoms with Crippen molar-refractivity contribution in [2.45, 2.75) is 12.5 Å². The van der Waals surface area contributed by atoms with Crippen LogP contribution >= 0.6 is 0 Å². The molecule has 1 amide bonds. The Labute approximate surface area is 285 Å². The first kappa shape index (κ1) is 32.7. The number of benzene rings is 5. The molecule has 0 aliphatic rings. The Bertz CT molecular complexity index is 2050. The van der Waals surface area contributed by atoms with Gasteiger partial charge >= 0.3 is 5.97 Å². The van der Waals surface area contributed by atoms with Crippen LogP contribution < -0.4 is 15.0 Å². The summed E-state index contributed by atoms with van der Waals surface area (Å²) in [6, 6.07) is 41.9. The van der Waals surface area contributed by atoms with Gasteiger partial charge in [-0.3, -0.25) is 14.6 Å². The fourth-order valence-corrected chi connectivity index (χ4v) is 5.58. The third-order valence-electron chi connectivity index (χ3n) is 8.13. The van der Waals surface area contributed by atoms with Gasteiger partial charge in [0.05, 0.1) is 13.7 Å². The molecule has 0 saturated carbocycles. The van der Waals surface area contributed by atoms with E-state index in [1.54, 1.807) is 41.4 Å². The number of amides is 1. The second-order valence-corrected chi connectivity index (χ2v) is 11.4. The highest BCUT2D eigenvalue weighted by molar-refractivity contribution is 6.12. The van der Waals surface area contributed by atoms with Crippen LogP contribution in [0.1, 0.15) is 32.0 Å². The minimum absolute atomic E-state index is 0.144. The van der Waals surface area contributed by atoms with E-state index >= 15 is 0 Å². The Morgan fingerprint density at radius 3 is 2.14 bits per heavy atom. The minimum Gasteiger partial charge on any atom is -0.492 e. The smallest absolute Gasteiger partial charge is 0.328 e. The van der Waals surface area contributed by atoms with E-state index in [4.69, 9.17) is 9.47 Å². The van der Waals surface area contributed by atoms with Gasteiger partial charge in [0.15, 0.2) is 5.78 Å². The molecule has 1 N–H and O–H groups in total. The molecule has 0 aliphatic heterocycles. The molecule has 6 aromatic rings. The van der Waals surface area contributed by atoms with Gasteiger partial charge < -0.3 is 19.7 Å². The van der Waals surface area contributed by atoms with E-state index in [9.17, 15) is 14.4 Å². The van der Waals surface area contributed by atoms with Gasteiger partial charge in [-0.1, -0.05) is 97.1 Å². The number of hydrogen-bond donors (Lipinski definition) is 1. The number of para-hydroxylation sites is 2. The number of hydrogen-bond acceptors (Lipinski definition) is 7. The van der Waals surface area contributed by atoms with Gasteiger partial charge in [0.1, 0.15) is 24.1 Å². The lowest BCUT2D eigenvalue weighted by Gasteiger charge is -2.23. The van der Waals surface area contributed by atoms with E-state index in [-0.39, 0.29) is 18.3 Å². The molecule has 1 aromatic heterocycles. The number of anilines is 2. The quantitative estimate of drug-likeness (QED) is 0.103. The summed E-state index contributed by atoms with van der Waals surface area (Å²) in [5.41, 5.74) is 3.53. The summed E-state index contributed by atoms with van der Waals surface area (Å²) in [6.45, 7) is 0.542. The molecule has 1 atom stereocenters. The van der Waals surface area contributed by atoms with Gasteiger partial charge in [-0.25, -0.2) is 4.79 Å². The van der Waals surface area contributed by atoms with E-state index in [1.807, 2.05) is 109 Å². The van der Waals surface area contributed by atoms with Crippen molar-refractivity contribution < 1.29 is 23.9 Å². The molecule has 6 rings (SSSR count). The number of ketones is 1. The van der Waals surface area contributed by atoms with Crippen molar-refractivity contribution in [3.8, 4) is 5.75 Å². The van der Waals surface area contributed by atoms with Crippen LogP contribution in [0.25, 0.3) is 10.8 Å². The second kappa shape index (κ2) is 15.5. The van der Waals surface area contributed by atoms with Gasteiger partial charge in [-0.15, -0.1) is 0 Å². The van der Waals surface area contributed by atoms with E-state index < -0.39 is 12.0 Å².